The Balaban J connectivity index is 1.31. The highest BCUT2D eigenvalue weighted by atomic mass is 16.6. The third-order valence-electron chi connectivity index (χ3n) is 10.4. The molecule has 44 heavy (non-hydrogen) atoms. The van der Waals surface area contributed by atoms with Crippen LogP contribution in [0.3, 0.4) is 0 Å². The van der Waals surface area contributed by atoms with E-state index in [9.17, 15) is 19.5 Å². The van der Waals surface area contributed by atoms with E-state index in [1.807, 2.05) is 21.9 Å². The lowest BCUT2D eigenvalue weighted by atomic mass is 9.73. The smallest absolute Gasteiger partial charge is 0.410 e. The highest BCUT2D eigenvalue weighted by molar-refractivity contribution is 5.69. The maximum Gasteiger partial charge on any atom is 0.410 e. The van der Waals surface area contributed by atoms with Gasteiger partial charge in [-0.05, 0) is 118 Å². The second kappa shape index (κ2) is 15.8. The Morgan fingerprint density at radius 2 is 1.61 bits per heavy atom. The van der Waals surface area contributed by atoms with Crippen LogP contribution in [0.25, 0.3) is 0 Å². The number of hydrogen-bond donors (Lipinski definition) is 1. The Morgan fingerprint density at radius 3 is 2.30 bits per heavy atom. The molecular formula is C35H52N2O7. The van der Waals surface area contributed by atoms with Gasteiger partial charge in [-0.25, -0.2) is 14.4 Å². The number of carboxylic acid groups (broad SMARTS) is 1. The van der Waals surface area contributed by atoms with Crippen LogP contribution in [0.5, 0.6) is 5.75 Å². The van der Waals surface area contributed by atoms with Crippen molar-refractivity contribution in [1.82, 2.24) is 9.80 Å². The van der Waals surface area contributed by atoms with Crippen LogP contribution in [0.15, 0.2) is 18.2 Å². The third-order valence-corrected chi connectivity index (χ3v) is 10.4. The van der Waals surface area contributed by atoms with Gasteiger partial charge < -0.3 is 29.1 Å². The van der Waals surface area contributed by atoms with Gasteiger partial charge >= 0.3 is 18.2 Å². The molecule has 2 saturated heterocycles. The largest absolute Gasteiger partial charge is 0.482 e. The first-order valence-electron chi connectivity index (χ1n) is 17.3. The van der Waals surface area contributed by atoms with Crippen molar-refractivity contribution in [3.05, 3.63) is 29.3 Å². The molecule has 3 fully saturated rings. The molecule has 2 aliphatic heterocycles. The molecule has 0 bridgehead atoms. The van der Waals surface area contributed by atoms with E-state index in [0.717, 1.165) is 122 Å². The monoisotopic (exact) mass is 612 g/mol. The molecule has 9 nitrogen and oxygen atoms in total. The van der Waals surface area contributed by atoms with Crippen molar-refractivity contribution in [2.45, 2.75) is 115 Å². The number of aliphatic carboxylic acids is 1. The molecule has 2 heterocycles. The molecule has 5 rings (SSSR count). The minimum atomic E-state index is -0.989. The summed E-state index contributed by atoms with van der Waals surface area (Å²) in [7, 11) is 0. The topological polar surface area (TPSA) is 106 Å². The number of unbranched alkanes of at least 4 members (excludes halogenated alkanes) is 2. The number of nitrogens with zero attached hydrogens (tertiary/aromatic N) is 2. The van der Waals surface area contributed by atoms with Crippen LogP contribution in [0.1, 0.15) is 102 Å². The maximum atomic E-state index is 13.3. The average Bonchev–Trinajstić information content (AvgIpc) is 3.37. The number of amides is 2. The predicted molar refractivity (Wildman–Crippen MR) is 167 cm³/mol. The van der Waals surface area contributed by atoms with Crippen molar-refractivity contribution in [2.75, 3.05) is 32.8 Å². The number of hydrogen-bond acceptors (Lipinski definition) is 6. The molecule has 2 aliphatic carbocycles. The second-order valence-electron chi connectivity index (χ2n) is 13.4. The van der Waals surface area contributed by atoms with E-state index < -0.39 is 5.97 Å². The summed E-state index contributed by atoms with van der Waals surface area (Å²) in [5, 5.41) is 9.18. The lowest BCUT2D eigenvalue weighted by molar-refractivity contribution is -0.139. The zero-order chi connectivity index (χ0) is 30.9. The van der Waals surface area contributed by atoms with Gasteiger partial charge in [-0.3, -0.25) is 0 Å². The summed E-state index contributed by atoms with van der Waals surface area (Å²) in [5.74, 6) is 0.486. The fraction of sp³-hybridized carbons (Fsp3) is 0.743. The summed E-state index contributed by atoms with van der Waals surface area (Å²) < 4.78 is 18.2. The van der Waals surface area contributed by atoms with E-state index in [-0.39, 0.29) is 36.9 Å². The molecule has 1 aromatic carbocycles. The van der Waals surface area contributed by atoms with Crippen LogP contribution in [-0.2, 0) is 27.1 Å². The molecule has 1 N–H and O–H groups in total. The van der Waals surface area contributed by atoms with Crippen molar-refractivity contribution in [2.24, 2.45) is 17.8 Å². The molecule has 2 amide bonds. The third kappa shape index (κ3) is 8.39. The van der Waals surface area contributed by atoms with Crippen LogP contribution in [-0.4, -0.2) is 78.1 Å². The first-order chi connectivity index (χ1) is 21.4. The lowest BCUT2D eigenvalue weighted by Gasteiger charge is -2.34. The van der Waals surface area contributed by atoms with E-state index in [1.165, 1.54) is 12.0 Å². The van der Waals surface area contributed by atoms with Gasteiger partial charge in [0.15, 0.2) is 6.61 Å². The highest BCUT2D eigenvalue weighted by Gasteiger charge is 2.48. The van der Waals surface area contributed by atoms with E-state index in [2.05, 4.69) is 13.0 Å². The van der Waals surface area contributed by atoms with Gasteiger partial charge in [-0.15, -0.1) is 0 Å². The molecule has 5 atom stereocenters. The molecule has 0 radical (unpaired) electrons. The number of carboxylic acids is 1. The summed E-state index contributed by atoms with van der Waals surface area (Å²) in [6, 6.07) is 5.93. The SMILES string of the molecule is CCCCC[C@@H](CC[C@@H]1[C@H]2Cc3cccc(OCC(=O)O)c3C[C@H]2C[C@H]1OC(=O)N1CCCCC1)OC(=O)N1CCCCC1. The van der Waals surface area contributed by atoms with Crippen molar-refractivity contribution < 1.29 is 33.7 Å². The molecule has 244 valence electrons. The molecule has 1 saturated carbocycles. The molecule has 9 heteroatoms. The highest BCUT2D eigenvalue weighted by Crippen LogP contribution is 2.49. The number of likely N-dealkylation sites (tertiary alicyclic amines) is 2. The first kappa shape index (κ1) is 32.4. The van der Waals surface area contributed by atoms with E-state index in [4.69, 9.17) is 14.2 Å². The van der Waals surface area contributed by atoms with Gasteiger partial charge in [-0.1, -0.05) is 31.9 Å². The summed E-state index contributed by atoms with van der Waals surface area (Å²) >= 11 is 0. The average molecular weight is 613 g/mol. The quantitative estimate of drug-likeness (QED) is 0.258. The van der Waals surface area contributed by atoms with Crippen molar-refractivity contribution in [3.8, 4) is 5.75 Å². The van der Waals surface area contributed by atoms with Crippen LogP contribution in [0, 0.1) is 17.8 Å². The summed E-state index contributed by atoms with van der Waals surface area (Å²) in [6.45, 7) is 4.89. The van der Waals surface area contributed by atoms with Gasteiger partial charge in [0.05, 0.1) is 0 Å². The van der Waals surface area contributed by atoms with E-state index in [1.54, 1.807) is 0 Å². The summed E-state index contributed by atoms with van der Waals surface area (Å²) in [6.07, 6.45) is 13.9. The van der Waals surface area contributed by atoms with E-state index >= 15 is 0 Å². The van der Waals surface area contributed by atoms with Gasteiger partial charge in [0.2, 0.25) is 0 Å². The van der Waals surface area contributed by atoms with Gasteiger partial charge in [0, 0.05) is 26.2 Å². The Hall–Kier alpha value is -2.97. The molecular weight excluding hydrogens is 560 g/mol. The van der Waals surface area contributed by atoms with Crippen LogP contribution in [0.4, 0.5) is 9.59 Å². The van der Waals surface area contributed by atoms with Crippen LogP contribution >= 0.6 is 0 Å². The van der Waals surface area contributed by atoms with Crippen LogP contribution in [0.2, 0.25) is 0 Å². The number of ether oxygens (including phenoxy) is 3. The Bertz CT molecular complexity index is 1110. The number of benzene rings is 1. The number of carbonyl (C=O) groups is 3. The van der Waals surface area contributed by atoms with Crippen molar-refractivity contribution in [3.63, 3.8) is 0 Å². The molecule has 0 spiro atoms. The number of rotatable bonds is 12. The van der Waals surface area contributed by atoms with E-state index in [0.29, 0.717) is 17.6 Å². The zero-order valence-electron chi connectivity index (χ0n) is 26.6. The Labute approximate surface area is 262 Å². The zero-order valence-corrected chi connectivity index (χ0v) is 26.6. The van der Waals surface area contributed by atoms with Crippen LogP contribution < -0.4 is 4.74 Å². The van der Waals surface area contributed by atoms with Gasteiger partial charge in [0.25, 0.3) is 0 Å². The molecule has 1 aromatic rings. The first-order valence-corrected chi connectivity index (χ1v) is 17.3. The summed E-state index contributed by atoms with van der Waals surface area (Å²) in [5.41, 5.74) is 2.28. The minimum Gasteiger partial charge on any atom is -0.482 e. The number of carbonyl (C=O) groups excluding carboxylic acids is 2. The maximum absolute atomic E-state index is 13.3. The second-order valence-corrected chi connectivity index (χ2v) is 13.4. The molecule has 4 aliphatic rings. The minimum absolute atomic E-state index is 0.139. The Morgan fingerprint density at radius 1 is 0.909 bits per heavy atom. The summed E-state index contributed by atoms with van der Waals surface area (Å²) in [4.78, 5) is 41.3. The van der Waals surface area contributed by atoms with Gasteiger partial charge in [-0.2, -0.15) is 0 Å². The fourth-order valence-corrected chi connectivity index (χ4v) is 8.02. The predicted octanol–water partition coefficient (Wildman–Crippen LogP) is 6.84. The molecule has 0 aromatic heterocycles. The lowest BCUT2D eigenvalue weighted by Crippen LogP contribution is -2.39. The fourth-order valence-electron chi connectivity index (χ4n) is 8.02. The van der Waals surface area contributed by atoms with Gasteiger partial charge in [0.1, 0.15) is 18.0 Å². The van der Waals surface area contributed by atoms with Crippen molar-refractivity contribution >= 4 is 18.2 Å². The molecule has 0 unspecified atom stereocenters. The number of piperidine rings is 2. The normalized spacial score (nSPS) is 25.5. The standard InChI is InChI=1S/C35H52N2O7/c1-2-3-6-13-27(43-34(40)36-17-7-4-8-18-36)15-16-28-29-21-25-12-11-14-31(42-24-33(38)39)30(25)22-26(29)23-32(28)44-35(41)37-19-9-5-10-20-37/h11-12,14,26-29,32H,2-10,13,15-24H2,1H3,(H,38,39)/t26-,27-,28+,29-,32+/m0/s1. The van der Waals surface area contributed by atoms with Crippen molar-refractivity contribution in [1.29, 1.82) is 0 Å². The number of fused-ring (bicyclic) bond motifs is 2. The Kier molecular flexibility index (Phi) is 11.7.